The summed E-state index contributed by atoms with van der Waals surface area (Å²) in [5.74, 6) is -0.776. The SMILES string of the molecule is C=CCCC(=O)Nc1ccc(F)c(C#N)c1. The first-order valence-electron chi connectivity index (χ1n) is 4.77. The third-order valence-corrected chi connectivity index (χ3v) is 1.95. The molecule has 0 bridgehead atoms. The number of hydrogen-bond donors (Lipinski definition) is 1. The molecule has 0 saturated heterocycles. The summed E-state index contributed by atoms with van der Waals surface area (Å²) in [5, 5.41) is 11.2. The molecule has 3 nitrogen and oxygen atoms in total. The van der Waals surface area contributed by atoms with Gasteiger partial charge < -0.3 is 5.32 Å². The summed E-state index contributed by atoms with van der Waals surface area (Å²) in [6.07, 6.45) is 2.55. The number of anilines is 1. The van der Waals surface area contributed by atoms with Gasteiger partial charge in [-0.15, -0.1) is 6.58 Å². The van der Waals surface area contributed by atoms with E-state index in [1.807, 2.05) is 0 Å². The maximum absolute atomic E-state index is 13.0. The Morgan fingerprint density at radius 3 is 3.00 bits per heavy atom. The number of hydrogen-bond acceptors (Lipinski definition) is 2. The van der Waals surface area contributed by atoms with Crippen molar-refractivity contribution in [1.82, 2.24) is 0 Å². The summed E-state index contributed by atoms with van der Waals surface area (Å²) >= 11 is 0. The van der Waals surface area contributed by atoms with E-state index < -0.39 is 5.82 Å². The molecule has 0 atom stereocenters. The molecule has 0 aliphatic heterocycles. The topological polar surface area (TPSA) is 52.9 Å². The molecule has 1 aromatic carbocycles. The molecule has 0 aliphatic rings. The number of rotatable bonds is 4. The minimum Gasteiger partial charge on any atom is -0.326 e. The minimum atomic E-state index is -0.591. The molecule has 1 aromatic rings. The molecule has 1 amide bonds. The second kappa shape index (κ2) is 5.66. The van der Waals surface area contributed by atoms with Gasteiger partial charge >= 0.3 is 0 Å². The number of benzene rings is 1. The smallest absolute Gasteiger partial charge is 0.224 e. The third-order valence-electron chi connectivity index (χ3n) is 1.95. The molecule has 4 heteroatoms. The van der Waals surface area contributed by atoms with E-state index in [1.165, 1.54) is 12.1 Å². The van der Waals surface area contributed by atoms with Crippen LogP contribution in [0.4, 0.5) is 10.1 Å². The molecule has 0 saturated carbocycles. The van der Waals surface area contributed by atoms with E-state index in [2.05, 4.69) is 11.9 Å². The molecule has 82 valence electrons. The maximum atomic E-state index is 13.0. The van der Waals surface area contributed by atoms with Gasteiger partial charge in [0.15, 0.2) is 0 Å². The highest BCUT2D eigenvalue weighted by Gasteiger charge is 2.05. The van der Waals surface area contributed by atoms with Gasteiger partial charge in [-0.1, -0.05) is 6.08 Å². The monoisotopic (exact) mass is 218 g/mol. The lowest BCUT2D eigenvalue weighted by Gasteiger charge is -2.04. The van der Waals surface area contributed by atoms with Crippen LogP contribution in [0.25, 0.3) is 0 Å². The second-order valence-corrected chi connectivity index (χ2v) is 3.18. The van der Waals surface area contributed by atoms with E-state index >= 15 is 0 Å². The summed E-state index contributed by atoms with van der Waals surface area (Å²) in [6.45, 7) is 3.51. The average Bonchev–Trinajstić information content (AvgIpc) is 2.29. The van der Waals surface area contributed by atoms with Gasteiger partial charge in [-0.3, -0.25) is 4.79 Å². The zero-order valence-electron chi connectivity index (χ0n) is 8.66. The van der Waals surface area contributed by atoms with Crippen LogP contribution in [-0.2, 0) is 4.79 Å². The van der Waals surface area contributed by atoms with Gasteiger partial charge in [-0.05, 0) is 24.6 Å². The van der Waals surface area contributed by atoms with Crippen LogP contribution in [-0.4, -0.2) is 5.91 Å². The summed E-state index contributed by atoms with van der Waals surface area (Å²) in [5.41, 5.74) is 0.341. The van der Waals surface area contributed by atoms with Crippen molar-refractivity contribution in [2.75, 3.05) is 5.32 Å². The van der Waals surface area contributed by atoms with Crippen LogP contribution >= 0.6 is 0 Å². The zero-order valence-corrected chi connectivity index (χ0v) is 8.66. The first-order chi connectivity index (χ1) is 7.67. The lowest BCUT2D eigenvalue weighted by molar-refractivity contribution is -0.116. The van der Waals surface area contributed by atoms with Gasteiger partial charge in [0.1, 0.15) is 11.9 Å². The largest absolute Gasteiger partial charge is 0.326 e. The molecule has 1 N–H and O–H groups in total. The Labute approximate surface area is 93.2 Å². The van der Waals surface area contributed by atoms with Crippen molar-refractivity contribution >= 4 is 11.6 Å². The molecule has 1 rings (SSSR count). The molecule has 0 aliphatic carbocycles. The van der Waals surface area contributed by atoms with Gasteiger partial charge in [-0.2, -0.15) is 5.26 Å². The zero-order chi connectivity index (χ0) is 12.0. The highest BCUT2D eigenvalue weighted by molar-refractivity contribution is 5.90. The summed E-state index contributed by atoms with van der Waals surface area (Å²) < 4.78 is 13.0. The van der Waals surface area contributed by atoms with E-state index in [9.17, 15) is 9.18 Å². The van der Waals surface area contributed by atoms with E-state index in [0.717, 1.165) is 6.07 Å². The summed E-state index contributed by atoms with van der Waals surface area (Å²) in [6, 6.07) is 5.59. The van der Waals surface area contributed by atoms with Gasteiger partial charge in [0.2, 0.25) is 5.91 Å². The molecule has 0 radical (unpaired) electrons. The molecule has 0 spiro atoms. The van der Waals surface area contributed by atoms with Gasteiger partial charge in [0, 0.05) is 12.1 Å². The first kappa shape index (κ1) is 11.9. The molecular formula is C12H11FN2O. The lowest BCUT2D eigenvalue weighted by Crippen LogP contribution is -2.10. The van der Waals surface area contributed by atoms with E-state index in [0.29, 0.717) is 18.5 Å². The van der Waals surface area contributed by atoms with Crippen molar-refractivity contribution in [3.05, 3.63) is 42.2 Å². The lowest BCUT2D eigenvalue weighted by atomic mass is 10.2. The van der Waals surface area contributed by atoms with Gasteiger partial charge in [0.05, 0.1) is 5.56 Å². The fourth-order valence-corrected chi connectivity index (χ4v) is 1.15. The number of carbonyl (C=O) groups is 1. The number of nitrogens with zero attached hydrogens (tertiary/aromatic N) is 1. The third kappa shape index (κ3) is 3.21. The normalized spacial score (nSPS) is 9.25. The van der Waals surface area contributed by atoms with Crippen molar-refractivity contribution in [3.8, 4) is 6.07 Å². The second-order valence-electron chi connectivity index (χ2n) is 3.18. The standard InChI is InChI=1S/C12H11FN2O/c1-2-3-4-12(16)15-10-5-6-11(13)9(7-10)8-14/h2,5-7H,1,3-4H2,(H,15,16). The highest BCUT2D eigenvalue weighted by atomic mass is 19.1. The van der Waals surface area contributed by atoms with E-state index in [4.69, 9.17) is 5.26 Å². The minimum absolute atomic E-state index is 0.0819. The van der Waals surface area contributed by atoms with Gasteiger partial charge in [0.25, 0.3) is 0 Å². The van der Waals surface area contributed by atoms with Crippen LogP contribution in [0.3, 0.4) is 0 Å². The van der Waals surface area contributed by atoms with E-state index in [1.54, 1.807) is 12.1 Å². The van der Waals surface area contributed by atoms with Crippen molar-refractivity contribution < 1.29 is 9.18 Å². The Kier molecular flexibility index (Phi) is 4.22. The Hall–Kier alpha value is -2.15. The molecule has 0 unspecified atom stereocenters. The van der Waals surface area contributed by atoms with Crippen molar-refractivity contribution in [3.63, 3.8) is 0 Å². The van der Waals surface area contributed by atoms with Crippen LogP contribution in [0.5, 0.6) is 0 Å². The Balaban J connectivity index is 2.71. The highest BCUT2D eigenvalue weighted by Crippen LogP contribution is 2.14. The first-order valence-corrected chi connectivity index (χ1v) is 4.77. The molecule has 0 aromatic heterocycles. The van der Waals surface area contributed by atoms with Crippen LogP contribution in [0.2, 0.25) is 0 Å². The molecule has 16 heavy (non-hydrogen) atoms. The molecular weight excluding hydrogens is 207 g/mol. The molecule has 0 heterocycles. The van der Waals surface area contributed by atoms with Crippen molar-refractivity contribution in [1.29, 1.82) is 5.26 Å². The number of nitrogens with one attached hydrogen (secondary N) is 1. The number of amides is 1. The Morgan fingerprint density at radius 2 is 2.38 bits per heavy atom. The number of carbonyl (C=O) groups excluding carboxylic acids is 1. The predicted molar refractivity (Wildman–Crippen MR) is 59.2 cm³/mol. The Bertz CT molecular complexity index is 449. The van der Waals surface area contributed by atoms with Crippen LogP contribution in [0, 0.1) is 17.1 Å². The van der Waals surface area contributed by atoms with Gasteiger partial charge in [-0.25, -0.2) is 4.39 Å². The number of nitriles is 1. The predicted octanol–water partition coefficient (Wildman–Crippen LogP) is 2.60. The summed E-state index contributed by atoms with van der Waals surface area (Å²) in [7, 11) is 0. The fourth-order valence-electron chi connectivity index (χ4n) is 1.15. The quantitative estimate of drug-likeness (QED) is 0.790. The fraction of sp³-hybridized carbons (Fsp3) is 0.167. The average molecular weight is 218 g/mol. The number of allylic oxidation sites excluding steroid dienone is 1. The maximum Gasteiger partial charge on any atom is 0.224 e. The van der Waals surface area contributed by atoms with Crippen molar-refractivity contribution in [2.24, 2.45) is 0 Å². The van der Waals surface area contributed by atoms with E-state index in [-0.39, 0.29) is 11.5 Å². The van der Waals surface area contributed by atoms with Crippen LogP contribution in [0.15, 0.2) is 30.9 Å². The number of halogens is 1. The van der Waals surface area contributed by atoms with Crippen LogP contribution in [0.1, 0.15) is 18.4 Å². The summed E-state index contributed by atoms with van der Waals surface area (Å²) in [4.78, 5) is 11.3. The molecule has 0 fully saturated rings. The van der Waals surface area contributed by atoms with Crippen molar-refractivity contribution in [2.45, 2.75) is 12.8 Å². The Morgan fingerprint density at radius 1 is 1.62 bits per heavy atom. The van der Waals surface area contributed by atoms with Crippen LogP contribution < -0.4 is 5.32 Å².